The first-order valence-electron chi connectivity index (χ1n) is 7.13. The van der Waals surface area contributed by atoms with Gasteiger partial charge in [0.15, 0.2) is 0 Å². The van der Waals surface area contributed by atoms with Gasteiger partial charge in [-0.25, -0.2) is 4.39 Å². The number of aryl methyl sites for hydroxylation is 1. The number of nitrogens with one attached hydrogen (secondary N) is 1. The molecule has 3 aromatic rings. The van der Waals surface area contributed by atoms with Gasteiger partial charge in [0.05, 0.1) is 19.3 Å². The first kappa shape index (κ1) is 15.4. The number of hydrogen-bond acceptors (Lipinski definition) is 5. The van der Waals surface area contributed by atoms with Crippen LogP contribution in [0.15, 0.2) is 42.5 Å². The van der Waals surface area contributed by atoms with E-state index in [1.54, 1.807) is 25.3 Å². The summed E-state index contributed by atoms with van der Waals surface area (Å²) in [5.74, 6) is 0.572. The summed E-state index contributed by atoms with van der Waals surface area (Å²) in [6.45, 7) is 2.43. The van der Waals surface area contributed by atoms with Crippen LogP contribution in [0.3, 0.4) is 0 Å². The highest BCUT2D eigenvalue weighted by molar-refractivity contribution is 7.14. The first-order chi connectivity index (χ1) is 11.2. The Morgan fingerprint density at radius 2 is 2.00 bits per heavy atom. The molecule has 23 heavy (non-hydrogen) atoms. The lowest BCUT2D eigenvalue weighted by molar-refractivity contribution is 0.412. The average Bonchev–Trinajstić information content (AvgIpc) is 3.03. The SMILES string of the molecule is COc1ccc(-c2nnc(CNc3ccccc3F)s2)cc1C. The summed E-state index contributed by atoms with van der Waals surface area (Å²) in [5.41, 5.74) is 2.51. The molecular formula is C17H16FN3OS. The standard InChI is InChI=1S/C17H16FN3OS/c1-11-9-12(7-8-15(11)22-2)17-21-20-16(23-17)10-19-14-6-4-3-5-13(14)18/h3-9,19H,10H2,1-2H3. The molecule has 1 aromatic heterocycles. The second kappa shape index (κ2) is 6.75. The van der Waals surface area contributed by atoms with Crippen LogP contribution < -0.4 is 10.1 Å². The molecule has 0 saturated carbocycles. The van der Waals surface area contributed by atoms with Crippen molar-refractivity contribution in [3.63, 3.8) is 0 Å². The van der Waals surface area contributed by atoms with Gasteiger partial charge in [-0.2, -0.15) is 0 Å². The highest BCUT2D eigenvalue weighted by Crippen LogP contribution is 2.28. The van der Waals surface area contributed by atoms with Crippen molar-refractivity contribution in [3.8, 4) is 16.3 Å². The minimum Gasteiger partial charge on any atom is -0.496 e. The molecule has 0 saturated heterocycles. The fraction of sp³-hybridized carbons (Fsp3) is 0.176. The van der Waals surface area contributed by atoms with E-state index >= 15 is 0 Å². The number of ether oxygens (including phenoxy) is 1. The summed E-state index contributed by atoms with van der Waals surface area (Å²) in [6.07, 6.45) is 0. The van der Waals surface area contributed by atoms with Crippen LogP contribution in [0.5, 0.6) is 5.75 Å². The largest absolute Gasteiger partial charge is 0.496 e. The van der Waals surface area contributed by atoms with Crippen molar-refractivity contribution < 1.29 is 9.13 Å². The average molecular weight is 329 g/mol. The number of nitrogens with zero attached hydrogens (tertiary/aromatic N) is 2. The van der Waals surface area contributed by atoms with Crippen molar-refractivity contribution in [1.82, 2.24) is 10.2 Å². The molecule has 4 nitrogen and oxygen atoms in total. The number of hydrogen-bond donors (Lipinski definition) is 1. The topological polar surface area (TPSA) is 47.0 Å². The molecule has 0 amide bonds. The Bertz CT molecular complexity index is 819. The molecule has 0 unspecified atom stereocenters. The number of rotatable bonds is 5. The highest BCUT2D eigenvalue weighted by atomic mass is 32.1. The van der Waals surface area contributed by atoms with Crippen LogP contribution in [0, 0.1) is 12.7 Å². The van der Waals surface area contributed by atoms with Crippen LogP contribution >= 0.6 is 11.3 Å². The van der Waals surface area contributed by atoms with Crippen LogP contribution in [0.4, 0.5) is 10.1 Å². The Hall–Kier alpha value is -2.47. The predicted molar refractivity (Wildman–Crippen MR) is 90.4 cm³/mol. The second-order valence-electron chi connectivity index (χ2n) is 5.02. The number of methoxy groups -OCH3 is 1. The van der Waals surface area contributed by atoms with E-state index in [4.69, 9.17) is 4.74 Å². The van der Waals surface area contributed by atoms with Gasteiger partial charge >= 0.3 is 0 Å². The van der Waals surface area contributed by atoms with E-state index in [1.165, 1.54) is 17.4 Å². The Labute approximate surface area is 138 Å². The molecule has 0 aliphatic heterocycles. The third-order valence-electron chi connectivity index (χ3n) is 3.41. The van der Waals surface area contributed by atoms with E-state index in [2.05, 4.69) is 15.5 Å². The fourth-order valence-corrected chi connectivity index (χ4v) is 3.00. The number of halogens is 1. The van der Waals surface area contributed by atoms with E-state index in [1.807, 2.05) is 25.1 Å². The summed E-state index contributed by atoms with van der Waals surface area (Å²) in [4.78, 5) is 0. The smallest absolute Gasteiger partial charge is 0.147 e. The van der Waals surface area contributed by atoms with Crippen molar-refractivity contribution in [1.29, 1.82) is 0 Å². The second-order valence-corrected chi connectivity index (χ2v) is 6.08. The summed E-state index contributed by atoms with van der Waals surface area (Å²) >= 11 is 1.49. The summed E-state index contributed by atoms with van der Waals surface area (Å²) in [5, 5.41) is 13.0. The van der Waals surface area contributed by atoms with Gasteiger partial charge in [-0.15, -0.1) is 10.2 Å². The Balaban J connectivity index is 1.73. The molecule has 118 valence electrons. The molecular weight excluding hydrogens is 313 g/mol. The molecule has 0 aliphatic carbocycles. The molecule has 0 spiro atoms. The zero-order valence-corrected chi connectivity index (χ0v) is 13.7. The minimum atomic E-state index is -0.275. The Kier molecular flexibility index (Phi) is 4.52. The van der Waals surface area contributed by atoms with Gasteiger partial charge in [-0.05, 0) is 42.8 Å². The van der Waals surface area contributed by atoms with Gasteiger partial charge in [0.1, 0.15) is 21.6 Å². The third-order valence-corrected chi connectivity index (χ3v) is 4.38. The number of para-hydroxylation sites is 1. The van der Waals surface area contributed by atoms with E-state index < -0.39 is 0 Å². The summed E-state index contributed by atoms with van der Waals surface area (Å²) < 4.78 is 18.8. The van der Waals surface area contributed by atoms with Gasteiger partial charge in [-0.3, -0.25) is 0 Å². The van der Waals surface area contributed by atoms with Crippen LogP contribution in [-0.4, -0.2) is 17.3 Å². The van der Waals surface area contributed by atoms with Crippen LogP contribution in [0.25, 0.3) is 10.6 Å². The molecule has 0 radical (unpaired) electrons. The van der Waals surface area contributed by atoms with Crippen molar-refractivity contribution in [2.45, 2.75) is 13.5 Å². The molecule has 3 rings (SSSR count). The molecule has 1 heterocycles. The third kappa shape index (κ3) is 3.48. The van der Waals surface area contributed by atoms with Gasteiger partial charge in [0, 0.05) is 5.56 Å². The summed E-state index contributed by atoms with van der Waals surface area (Å²) in [6, 6.07) is 12.5. The van der Waals surface area contributed by atoms with Crippen LogP contribution in [-0.2, 0) is 6.54 Å². The molecule has 0 fully saturated rings. The van der Waals surface area contributed by atoms with Crippen molar-refractivity contribution in [3.05, 3.63) is 58.9 Å². The number of aromatic nitrogens is 2. The Morgan fingerprint density at radius 3 is 2.74 bits per heavy atom. The van der Waals surface area contributed by atoms with Gasteiger partial charge in [-0.1, -0.05) is 23.5 Å². The normalized spacial score (nSPS) is 10.6. The monoisotopic (exact) mass is 329 g/mol. The van der Waals surface area contributed by atoms with E-state index in [-0.39, 0.29) is 5.82 Å². The van der Waals surface area contributed by atoms with Gasteiger partial charge in [0.2, 0.25) is 0 Å². The van der Waals surface area contributed by atoms with Crippen LogP contribution in [0.2, 0.25) is 0 Å². The van der Waals surface area contributed by atoms with Gasteiger partial charge in [0.25, 0.3) is 0 Å². The highest BCUT2D eigenvalue weighted by Gasteiger charge is 2.09. The zero-order valence-electron chi connectivity index (χ0n) is 12.8. The predicted octanol–water partition coefficient (Wildman–Crippen LogP) is 4.27. The number of benzene rings is 2. The maximum Gasteiger partial charge on any atom is 0.147 e. The van der Waals surface area contributed by atoms with E-state index in [0.29, 0.717) is 12.2 Å². The Morgan fingerprint density at radius 1 is 1.17 bits per heavy atom. The molecule has 6 heteroatoms. The first-order valence-corrected chi connectivity index (χ1v) is 7.95. The zero-order chi connectivity index (χ0) is 16.2. The molecule has 0 aliphatic rings. The molecule has 0 atom stereocenters. The summed E-state index contributed by atoms with van der Waals surface area (Å²) in [7, 11) is 1.65. The fourth-order valence-electron chi connectivity index (χ4n) is 2.23. The van der Waals surface area contributed by atoms with E-state index in [9.17, 15) is 4.39 Å². The van der Waals surface area contributed by atoms with E-state index in [0.717, 1.165) is 26.9 Å². The van der Waals surface area contributed by atoms with Crippen molar-refractivity contribution >= 4 is 17.0 Å². The maximum atomic E-state index is 13.6. The van der Waals surface area contributed by atoms with Crippen molar-refractivity contribution in [2.75, 3.05) is 12.4 Å². The molecule has 2 aromatic carbocycles. The molecule has 1 N–H and O–H groups in total. The number of anilines is 1. The van der Waals surface area contributed by atoms with Crippen molar-refractivity contribution in [2.24, 2.45) is 0 Å². The van der Waals surface area contributed by atoms with Gasteiger partial charge < -0.3 is 10.1 Å². The van der Waals surface area contributed by atoms with Crippen LogP contribution in [0.1, 0.15) is 10.6 Å². The molecule has 0 bridgehead atoms. The minimum absolute atomic E-state index is 0.275. The lowest BCUT2D eigenvalue weighted by atomic mass is 10.1. The quantitative estimate of drug-likeness (QED) is 0.759. The lowest BCUT2D eigenvalue weighted by Crippen LogP contribution is -2.00. The maximum absolute atomic E-state index is 13.6. The lowest BCUT2D eigenvalue weighted by Gasteiger charge is -2.05.